The SMILES string of the molecule is CC(C(=O)Cl)[C@H]1CC[C@H]2[C@@H]3CCC4=CC(=O)C=C[C@]4(C)[C@H]3CC[C@]12C. The first kappa shape index (κ1) is 17.5. The van der Waals surface area contributed by atoms with E-state index in [9.17, 15) is 9.59 Å². The molecular formula is C22H29ClO2. The van der Waals surface area contributed by atoms with Gasteiger partial charge in [0, 0.05) is 11.3 Å². The van der Waals surface area contributed by atoms with Gasteiger partial charge >= 0.3 is 0 Å². The fraction of sp³-hybridized carbons (Fsp3) is 0.727. The van der Waals surface area contributed by atoms with Crippen molar-refractivity contribution in [3.8, 4) is 0 Å². The highest BCUT2D eigenvalue weighted by molar-refractivity contribution is 6.63. The summed E-state index contributed by atoms with van der Waals surface area (Å²) < 4.78 is 0. The van der Waals surface area contributed by atoms with Crippen LogP contribution in [0.2, 0.25) is 0 Å². The first-order chi connectivity index (χ1) is 11.8. The molecule has 0 saturated heterocycles. The zero-order chi connectivity index (χ0) is 18.0. The van der Waals surface area contributed by atoms with E-state index >= 15 is 0 Å². The lowest BCUT2D eigenvalue weighted by atomic mass is 9.47. The highest BCUT2D eigenvalue weighted by Gasteiger charge is 2.59. The van der Waals surface area contributed by atoms with Crippen molar-refractivity contribution in [2.45, 2.75) is 59.3 Å². The number of ketones is 1. The van der Waals surface area contributed by atoms with E-state index in [1.165, 1.54) is 31.3 Å². The minimum Gasteiger partial charge on any atom is -0.290 e. The lowest BCUT2D eigenvalue weighted by molar-refractivity contribution is -0.119. The van der Waals surface area contributed by atoms with Crippen LogP contribution in [-0.4, -0.2) is 11.0 Å². The van der Waals surface area contributed by atoms with Gasteiger partial charge in [0.25, 0.3) is 0 Å². The van der Waals surface area contributed by atoms with Crippen molar-refractivity contribution >= 4 is 22.6 Å². The Labute approximate surface area is 156 Å². The molecule has 2 nitrogen and oxygen atoms in total. The summed E-state index contributed by atoms with van der Waals surface area (Å²) in [7, 11) is 0. The summed E-state index contributed by atoms with van der Waals surface area (Å²) in [5, 5.41) is -0.163. The van der Waals surface area contributed by atoms with Crippen molar-refractivity contribution in [3.05, 3.63) is 23.8 Å². The van der Waals surface area contributed by atoms with Gasteiger partial charge in [-0.15, -0.1) is 0 Å². The van der Waals surface area contributed by atoms with Gasteiger partial charge in [-0.3, -0.25) is 9.59 Å². The Morgan fingerprint density at radius 2 is 1.96 bits per heavy atom. The molecule has 136 valence electrons. The molecule has 0 aromatic rings. The summed E-state index contributed by atoms with van der Waals surface area (Å²) >= 11 is 5.88. The van der Waals surface area contributed by atoms with E-state index in [4.69, 9.17) is 11.6 Å². The van der Waals surface area contributed by atoms with Crippen molar-refractivity contribution in [1.82, 2.24) is 0 Å². The van der Waals surface area contributed by atoms with Crippen LogP contribution in [0.3, 0.4) is 0 Å². The molecule has 0 radical (unpaired) electrons. The molecule has 4 aliphatic carbocycles. The van der Waals surface area contributed by atoms with E-state index < -0.39 is 0 Å². The van der Waals surface area contributed by atoms with Crippen LogP contribution in [0.1, 0.15) is 59.3 Å². The molecule has 0 aromatic heterocycles. The molecule has 3 saturated carbocycles. The fourth-order valence-electron chi connectivity index (χ4n) is 7.22. The number of carbonyl (C=O) groups excluding carboxylic acids is 2. The molecule has 25 heavy (non-hydrogen) atoms. The van der Waals surface area contributed by atoms with Gasteiger partial charge in [0.1, 0.15) is 0 Å². The van der Waals surface area contributed by atoms with Gasteiger partial charge in [-0.1, -0.05) is 32.4 Å². The van der Waals surface area contributed by atoms with Gasteiger partial charge in [-0.2, -0.15) is 0 Å². The van der Waals surface area contributed by atoms with Crippen molar-refractivity contribution in [2.24, 2.45) is 40.4 Å². The van der Waals surface area contributed by atoms with Crippen LogP contribution in [0.15, 0.2) is 23.8 Å². The third-order valence-electron chi connectivity index (χ3n) is 8.59. The molecule has 0 heterocycles. The lowest BCUT2D eigenvalue weighted by Gasteiger charge is -2.57. The molecule has 1 unspecified atom stereocenters. The average Bonchev–Trinajstić information content (AvgIpc) is 2.92. The Kier molecular flexibility index (Phi) is 4.07. The molecule has 4 aliphatic rings. The van der Waals surface area contributed by atoms with Crippen molar-refractivity contribution < 1.29 is 9.59 Å². The topological polar surface area (TPSA) is 34.1 Å². The summed E-state index contributed by atoms with van der Waals surface area (Å²) in [5.74, 6) is 2.59. The molecule has 7 atom stereocenters. The van der Waals surface area contributed by atoms with Gasteiger partial charge in [0.05, 0.1) is 0 Å². The predicted molar refractivity (Wildman–Crippen MR) is 100 cm³/mol. The second-order valence-electron chi connectivity index (χ2n) is 9.42. The van der Waals surface area contributed by atoms with E-state index in [-0.39, 0.29) is 27.8 Å². The third kappa shape index (κ3) is 2.43. The molecule has 0 aromatic carbocycles. The molecule has 3 heteroatoms. The predicted octanol–water partition coefficient (Wildman–Crippen LogP) is 5.31. The normalized spacial score (nSPS) is 46.7. The zero-order valence-corrected chi connectivity index (χ0v) is 16.3. The van der Waals surface area contributed by atoms with E-state index in [1.807, 2.05) is 13.0 Å². The summed E-state index contributed by atoms with van der Waals surface area (Å²) in [4.78, 5) is 23.6. The molecule has 0 N–H and O–H groups in total. The minimum absolute atomic E-state index is 0.0324. The number of hydrogen-bond donors (Lipinski definition) is 0. The second kappa shape index (κ2) is 5.81. The maximum Gasteiger partial charge on any atom is 0.224 e. The van der Waals surface area contributed by atoms with Gasteiger partial charge in [-0.25, -0.2) is 0 Å². The van der Waals surface area contributed by atoms with Crippen molar-refractivity contribution in [2.75, 3.05) is 0 Å². The van der Waals surface area contributed by atoms with Crippen LogP contribution in [0.5, 0.6) is 0 Å². The van der Waals surface area contributed by atoms with Crippen LogP contribution >= 0.6 is 11.6 Å². The van der Waals surface area contributed by atoms with Crippen molar-refractivity contribution in [3.63, 3.8) is 0 Å². The van der Waals surface area contributed by atoms with E-state index in [2.05, 4.69) is 19.9 Å². The Balaban J connectivity index is 1.65. The van der Waals surface area contributed by atoms with Gasteiger partial charge < -0.3 is 0 Å². The average molecular weight is 361 g/mol. The number of allylic oxidation sites excluding steroid dienone is 4. The van der Waals surface area contributed by atoms with Gasteiger partial charge in [-0.05, 0) is 91.4 Å². The van der Waals surface area contributed by atoms with Gasteiger partial charge in [0.2, 0.25) is 5.24 Å². The lowest BCUT2D eigenvalue weighted by Crippen LogP contribution is -2.50. The van der Waals surface area contributed by atoms with Crippen LogP contribution in [0.4, 0.5) is 0 Å². The molecular weight excluding hydrogens is 332 g/mol. The van der Waals surface area contributed by atoms with Crippen LogP contribution < -0.4 is 0 Å². The zero-order valence-electron chi connectivity index (χ0n) is 15.6. The highest BCUT2D eigenvalue weighted by Crippen LogP contribution is 2.66. The van der Waals surface area contributed by atoms with Crippen molar-refractivity contribution in [1.29, 1.82) is 0 Å². The maximum absolute atomic E-state index is 11.8. The van der Waals surface area contributed by atoms with E-state index in [0.717, 1.165) is 12.8 Å². The van der Waals surface area contributed by atoms with Gasteiger partial charge in [0.15, 0.2) is 5.78 Å². The molecule has 0 amide bonds. The highest BCUT2D eigenvalue weighted by atomic mass is 35.5. The Bertz CT molecular complexity index is 678. The number of carbonyl (C=O) groups is 2. The Morgan fingerprint density at radius 1 is 1.20 bits per heavy atom. The smallest absolute Gasteiger partial charge is 0.224 e. The van der Waals surface area contributed by atoms with Crippen LogP contribution in [0.25, 0.3) is 0 Å². The molecule has 0 bridgehead atoms. The standard InChI is InChI=1S/C22H29ClO2/c1-13(20(23)25)17-6-7-18-16-5-4-14-12-15(24)8-10-21(14,2)19(16)9-11-22(17,18)3/h8,10,12-13,16-19H,4-7,9,11H2,1-3H3/t13?,16-,17+,18-,19-,21-,22+/m0/s1. The Morgan fingerprint density at radius 3 is 2.68 bits per heavy atom. The van der Waals surface area contributed by atoms with E-state index in [0.29, 0.717) is 23.7 Å². The minimum atomic E-state index is -0.163. The monoisotopic (exact) mass is 360 g/mol. The molecule has 0 spiro atoms. The number of fused-ring (bicyclic) bond motifs is 5. The largest absolute Gasteiger partial charge is 0.290 e. The first-order valence-corrected chi connectivity index (χ1v) is 10.3. The number of halogens is 1. The third-order valence-corrected chi connectivity index (χ3v) is 8.94. The second-order valence-corrected chi connectivity index (χ2v) is 9.80. The Hall–Kier alpha value is -0.890. The van der Waals surface area contributed by atoms with Crippen LogP contribution in [0, 0.1) is 40.4 Å². The van der Waals surface area contributed by atoms with Crippen LogP contribution in [-0.2, 0) is 9.59 Å². The quantitative estimate of drug-likeness (QED) is 0.625. The number of rotatable bonds is 2. The summed E-state index contributed by atoms with van der Waals surface area (Å²) in [6.07, 6.45) is 12.9. The summed E-state index contributed by atoms with van der Waals surface area (Å²) in [6.45, 7) is 6.80. The summed E-state index contributed by atoms with van der Waals surface area (Å²) in [6, 6.07) is 0. The molecule has 0 aliphatic heterocycles. The first-order valence-electron chi connectivity index (χ1n) is 9.91. The molecule has 4 rings (SSSR count). The van der Waals surface area contributed by atoms with E-state index in [1.54, 1.807) is 6.08 Å². The maximum atomic E-state index is 11.8. The fourth-order valence-corrected chi connectivity index (χ4v) is 7.37. The number of hydrogen-bond acceptors (Lipinski definition) is 2. The summed E-state index contributed by atoms with van der Waals surface area (Å²) in [5.41, 5.74) is 1.66. The molecule has 3 fully saturated rings.